The molecule has 4 heteroatoms. The first-order valence-electron chi connectivity index (χ1n) is 6.76. The first-order chi connectivity index (χ1) is 10.2. The van der Waals surface area contributed by atoms with Gasteiger partial charge in [0.15, 0.2) is 0 Å². The summed E-state index contributed by atoms with van der Waals surface area (Å²) >= 11 is 0. The number of nitrogens with one attached hydrogen (secondary N) is 1. The number of benzene rings is 2. The molecule has 2 aromatic rings. The summed E-state index contributed by atoms with van der Waals surface area (Å²) in [6.07, 6.45) is 1.71. The Morgan fingerprint density at radius 2 is 1.67 bits per heavy atom. The average molecular weight is 281 g/mol. The molecule has 1 N–H and O–H groups in total. The van der Waals surface area contributed by atoms with E-state index in [4.69, 9.17) is 0 Å². The molecule has 4 nitrogen and oxygen atoms in total. The molecule has 0 heterocycles. The maximum Gasteiger partial charge on any atom is 0.325 e. The van der Waals surface area contributed by atoms with Crippen LogP contribution < -0.4 is 5.32 Å². The molecule has 0 aromatic heterocycles. The predicted molar refractivity (Wildman–Crippen MR) is 81.1 cm³/mol. The summed E-state index contributed by atoms with van der Waals surface area (Å²) in [7, 11) is 0. The van der Waals surface area contributed by atoms with Crippen LogP contribution >= 0.6 is 0 Å². The Labute approximate surface area is 124 Å². The lowest BCUT2D eigenvalue weighted by molar-refractivity contribution is 0.208. The summed E-state index contributed by atoms with van der Waals surface area (Å²) in [4.78, 5) is 24.3. The Morgan fingerprint density at radius 3 is 2.24 bits per heavy atom. The predicted octanol–water partition coefficient (Wildman–Crippen LogP) is 3.03. The maximum absolute atomic E-state index is 12.1. The van der Waals surface area contributed by atoms with Crippen molar-refractivity contribution in [3.8, 4) is 0 Å². The van der Waals surface area contributed by atoms with Crippen LogP contribution in [-0.2, 0) is 11.3 Å². The molecule has 21 heavy (non-hydrogen) atoms. The summed E-state index contributed by atoms with van der Waals surface area (Å²) in [5, 5.41) is 2.73. The fourth-order valence-electron chi connectivity index (χ4n) is 2.04. The molecule has 2 rings (SSSR count). The minimum Gasteiger partial charge on any atom is -0.334 e. The van der Waals surface area contributed by atoms with Crippen molar-refractivity contribution >= 4 is 12.4 Å². The van der Waals surface area contributed by atoms with Crippen molar-refractivity contribution in [1.29, 1.82) is 0 Å². The number of amides is 3. The molecule has 2 aromatic carbocycles. The summed E-state index contributed by atoms with van der Waals surface area (Å²) in [6, 6.07) is 18.1. The lowest BCUT2D eigenvalue weighted by Gasteiger charge is -2.23. The standard InChI is InChI=1S/C17H17N2O2/c1-14(16-10-6-3-7-11-16)19(13-20)17(21)18-12-15-8-4-2-5-9-15/h2-11,14H,12H2,1H3,(H,18,21). The van der Waals surface area contributed by atoms with Gasteiger partial charge in [-0.3, -0.25) is 4.79 Å². The van der Waals surface area contributed by atoms with E-state index in [0.717, 1.165) is 16.0 Å². The quantitative estimate of drug-likeness (QED) is 0.856. The second-order valence-corrected chi connectivity index (χ2v) is 4.69. The Hall–Kier alpha value is -2.62. The molecule has 0 aliphatic heterocycles. The first kappa shape index (κ1) is 14.8. The fraction of sp³-hybridized carbons (Fsp3) is 0.176. The molecule has 107 valence electrons. The maximum atomic E-state index is 12.1. The Balaban J connectivity index is 2.00. The highest BCUT2D eigenvalue weighted by Crippen LogP contribution is 2.18. The van der Waals surface area contributed by atoms with Gasteiger partial charge in [-0.25, -0.2) is 9.69 Å². The number of hydrogen-bond donors (Lipinski definition) is 1. The van der Waals surface area contributed by atoms with Gasteiger partial charge in [0, 0.05) is 6.54 Å². The minimum absolute atomic E-state index is 0.362. The van der Waals surface area contributed by atoms with Crippen LogP contribution in [0.4, 0.5) is 4.79 Å². The van der Waals surface area contributed by atoms with Crippen molar-refractivity contribution < 1.29 is 9.59 Å². The van der Waals surface area contributed by atoms with Crippen LogP contribution in [0.2, 0.25) is 0 Å². The third kappa shape index (κ3) is 3.92. The van der Waals surface area contributed by atoms with Gasteiger partial charge in [-0.05, 0) is 18.1 Å². The summed E-state index contributed by atoms with van der Waals surface area (Å²) in [6.45, 7) is 2.17. The van der Waals surface area contributed by atoms with Gasteiger partial charge in [-0.2, -0.15) is 0 Å². The van der Waals surface area contributed by atoms with E-state index in [2.05, 4.69) is 5.32 Å². The fourth-order valence-corrected chi connectivity index (χ4v) is 2.04. The van der Waals surface area contributed by atoms with Crippen molar-refractivity contribution in [2.45, 2.75) is 19.5 Å². The molecule has 0 spiro atoms. The van der Waals surface area contributed by atoms with Gasteiger partial charge in [0.05, 0.1) is 6.04 Å². The zero-order valence-electron chi connectivity index (χ0n) is 11.8. The Kier molecular flexibility index (Phi) is 5.10. The van der Waals surface area contributed by atoms with Crippen LogP contribution in [-0.4, -0.2) is 17.3 Å². The van der Waals surface area contributed by atoms with Gasteiger partial charge in [-0.15, -0.1) is 0 Å². The summed E-state index contributed by atoms with van der Waals surface area (Å²) in [5.41, 5.74) is 1.86. The van der Waals surface area contributed by atoms with E-state index >= 15 is 0 Å². The third-order valence-electron chi connectivity index (χ3n) is 3.27. The Bertz CT molecular complexity index is 584. The number of hydrogen-bond acceptors (Lipinski definition) is 2. The van der Waals surface area contributed by atoms with Crippen LogP contribution in [0, 0.1) is 0 Å². The number of nitrogens with zero attached hydrogens (tertiary/aromatic N) is 1. The van der Waals surface area contributed by atoms with Crippen molar-refractivity contribution in [1.82, 2.24) is 10.2 Å². The van der Waals surface area contributed by atoms with E-state index in [1.807, 2.05) is 60.7 Å². The first-order valence-corrected chi connectivity index (χ1v) is 6.76. The van der Waals surface area contributed by atoms with Crippen molar-refractivity contribution in [2.75, 3.05) is 0 Å². The lowest BCUT2D eigenvalue weighted by Crippen LogP contribution is -2.40. The molecular formula is C17H17N2O2. The zero-order chi connectivity index (χ0) is 15.1. The zero-order valence-corrected chi connectivity index (χ0v) is 11.8. The molecule has 0 fully saturated rings. The molecule has 3 amide bonds. The van der Waals surface area contributed by atoms with Crippen LogP contribution in [0.15, 0.2) is 60.7 Å². The second-order valence-electron chi connectivity index (χ2n) is 4.69. The van der Waals surface area contributed by atoms with E-state index in [0.29, 0.717) is 6.54 Å². The van der Waals surface area contributed by atoms with Gasteiger partial charge < -0.3 is 5.32 Å². The molecule has 0 saturated heterocycles. The molecule has 1 atom stereocenters. The van der Waals surface area contributed by atoms with Crippen LogP contribution in [0.1, 0.15) is 24.1 Å². The molecule has 0 aliphatic carbocycles. The summed E-state index contributed by atoms with van der Waals surface area (Å²) in [5.74, 6) is 0. The van der Waals surface area contributed by atoms with Gasteiger partial charge in [0.1, 0.15) is 0 Å². The number of carbonyl (C=O) groups is 1. The molecule has 0 aliphatic rings. The number of rotatable bonds is 5. The second kappa shape index (κ2) is 7.24. The van der Waals surface area contributed by atoms with Gasteiger partial charge >= 0.3 is 12.4 Å². The highest BCUT2D eigenvalue weighted by Gasteiger charge is 2.21. The van der Waals surface area contributed by atoms with Gasteiger partial charge in [0.25, 0.3) is 0 Å². The highest BCUT2D eigenvalue weighted by atomic mass is 16.2. The lowest BCUT2D eigenvalue weighted by atomic mass is 10.1. The van der Waals surface area contributed by atoms with E-state index in [9.17, 15) is 9.59 Å². The average Bonchev–Trinajstić information content (AvgIpc) is 2.55. The Morgan fingerprint density at radius 1 is 1.10 bits per heavy atom. The third-order valence-corrected chi connectivity index (χ3v) is 3.27. The molecule has 1 unspecified atom stereocenters. The van der Waals surface area contributed by atoms with Crippen LogP contribution in [0.3, 0.4) is 0 Å². The van der Waals surface area contributed by atoms with Gasteiger partial charge in [-0.1, -0.05) is 60.7 Å². The molecule has 0 saturated carbocycles. The van der Waals surface area contributed by atoms with Gasteiger partial charge in [0.2, 0.25) is 0 Å². The van der Waals surface area contributed by atoms with Crippen molar-refractivity contribution in [3.63, 3.8) is 0 Å². The molecular weight excluding hydrogens is 264 g/mol. The van der Waals surface area contributed by atoms with E-state index in [1.54, 1.807) is 13.3 Å². The highest BCUT2D eigenvalue weighted by molar-refractivity contribution is 5.85. The largest absolute Gasteiger partial charge is 0.334 e. The number of imide groups is 1. The summed E-state index contributed by atoms with van der Waals surface area (Å²) < 4.78 is 0. The number of carbonyl (C=O) groups excluding carboxylic acids is 2. The van der Waals surface area contributed by atoms with E-state index in [-0.39, 0.29) is 6.04 Å². The van der Waals surface area contributed by atoms with Crippen molar-refractivity contribution in [3.05, 3.63) is 71.8 Å². The molecule has 0 bridgehead atoms. The van der Waals surface area contributed by atoms with E-state index in [1.165, 1.54) is 0 Å². The van der Waals surface area contributed by atoms with Crippen LogP contribution in [0.25, 0.3) is 0 Å². The number of urea groups is 1. The topological polar surface area (TPSA) is 49.4 Å². The minimum atomic E-state index is -0.454. The normalized spacial score (nSPS) is 11.5. The monoisotopic (exact) mass is 281 g/mol. The molecule has 1 radical (unpaired) electrons. The smallest absolute Gasteiger partial charge is 0.325 e. The van der Waals surface area contributed by atoms with Crippen molar-refractivity contribution in [2.24, 2.45) is 0 Å². The SMILES string of the molecule is CC(c1ccccc1)N([C]=O)C(=O)NCc1ccccc1. The van der Waals surface area contributed by atoms with E-state index < -0.39 is 6.03 Å². The van der Waals surface area contributed by atoms with Crippen LogP contribution in [0.5, 0.6) is 0 Å².